The van der Waals surface area contributed by atoms with Crippen LogP contribution in [-0.2, 0) is 16.3 Å². The molecule has 0 aromatic rings. The predicted molar refractivity (Wildman–Crippen MR) is 47.8 cm³/mol. The summed E-state index contributed by atoms with van der Waals surface area (Å²) in [5.41, 5.74) is 0.0861. The molecule has 10 heavy (non-hydrogen) atoms. The van der Waals surface area contributed by atoms with Crippen molar-refractivity contribution < 1.29 is 9.42 Å². The van der Waals surface area contributed by atoms with Crippen LogP contribution in [0.25, 0.3) is 0 Å². The van der Waals surface area contributed by atoms with Crippen LogP contribution in [0.3, 0.4) is 0 Å². The van der Waals surface area contributed by atoms with Gasteiger partial charge in [0, 0.05) is 6.66 Å². The van der Waals surface area contributed by atoms with Gasteiger partial charge < -0.3 is 9.42 Å². The van der Waals surface area contributed by atoms with Crippen LogP contribution < -0.4 is 0 Å². The van der Waals surface area contributed by atoms with Gasteiger partial charge >= 0.3 is 0 Å². The van der Waals surface area contributed by atoms with Crippen LogP contribution in [0.1, 0.15) is 20.8 Å². The quantitative estimate of drug-likeness (QED) is 0.662. The van der Waals surface area contributed by atoms with Crippen molar-refractivity contribution in [3.05, 3.63) is 0 Å². The number of hydrogen-bond donors (Lipinski definition) is 1. The molecule has 1 N–H and O–H groups in total. The van der Waals surface area contributed by atoms with E-state index in [2.05, 4.69) is 0 Å². The van der Waals surface area contributed by atoms with Gasteiger partial charge in [-0.05, 0) is 17.2 Å². The minimum atomic E-state index is -2.43. The van der Waals surface area contributed by atoms with Crippen LogP contribution in [0, 0.1) is 5.41 Å². The van der Waals surface area contributed by atoms with E-state index in [-0.39, 0.29) is 5.41 Å². The molecule has 4 heteroatoms. The van der Waals surface area contributed by atoms with Gasteiger partial charge in [-0.25, -0.2) is 0 Å². The largest absolute Gasteiger partial charge is 0.345 e. The molecule has 0 aliphatic carbocycles. The van der Waals surface area contributed by atoms with E-state index in [1.165, 1.54) is 0 Å². The van der Waals surface area contributed by atoms with E-state index in [1.54, 1.807) is 6.66 Å². The van der Waals surface area contributed by atoms with Crippen LogP contribution in [0.2, 0.25) is 0 Å². The highest BCUT2D eigenvalue weighted by atomic mass is 32.5. The zero-order valence-electron chi connectivity index (χ0n) is 6.92. The second-order valence-electron chi connectivity index (χ2n) is 3.64. The van der Waals surface area contributed by atoms with Gasteiger partial charge in [0.25, 0.3) is 0 Å². The lowest BCUT2D eigenvalue weighted by molar-refractivity contribution is 0.198. The Hall–Kier alpha value is 0.570. The molecule has 0 spiro atoms. The van der Waals surface area contributed by atoms with Crippen molar-refractivity contribution in [2.24, 2.45) is 5.41 Å². The molecule has 0 aromatic heterocycles. The maximum absolute atomic E-state index is 9.08. The Bertz CT molecular complexity index is 144. The summed E-state index contributed by atoms with van der Waals surface area (Å²) in [6, 6.07) is 0. The van der Waals surface area contributed by atoms with Crippen LogP contribution in [0.4, 0.5) is 0 Å². The second-order valence-corrected chi connectivity index (χ2v) is 7.53. The molecule has 1 atom stereocenters. The Kier molecular flexibility index (Phi) is 3.50. The van der Waals surface area contributed by atoms with Crippen LogP contribution in [-0.4, -0.2) is 18.2 Å². The minimum Gasteiger partial charge on any atom is -0.345 e. The molecule has 0 saturated carbocycles. The summed E-state index contributed by atoms with van der Waals surface area (Å²) >= 11 is 4.70. The molecule has 0 aliphatic rings. The molecule has 0 radical (unpaired) electrons. The van der Waals surface area contributed by atoms with E-state index in [0.29, 0.717) is 6.61 Å². The SMILES string of the molecule is CC(C)(C)COP(C)(O)=S. The fourth-order valence-electron chi connectivity index (χ4n) is 0.313. The van der Waals surface area contributed by atoms with E-state index in [4.69, 9.17) is 21.2 Å². The van der Waals surface area contributed by atoms with E-state index in [1.807, 2.05) is 20.8 Å². The molecule has 0 rings (SSSR count). The molecule has 0 amide bonds. The fourth-order valence-corrected chi connectivity index (χ4v) is 1.10. The maximum atomic E-state index is 9.08. The van der Waals surface area contributed by atoms with Crippen LogP contribution in [0.15, 0.2) is 0 Å². The number of hydrogen-bond acceptors (Lipinski definition) is 2. The Morgan fingerprint density at radius 1 is 1.50 bits per heavy atom. The Morgan fingerprint density at radius 3 is 2.00 bits per heavy atom. The standard InChI is InChI=1S/C6H15O2PS/c1-6(2,3)5-8-9(4,7)10/h5H2,1-4H3,(H,7,10). The molecular formula is C6H15O2PS. The third-order valence-corrected chi connectivity index (χ3v) is 1.66. The van der Waals surface area contributed by atoms with E-state index >= 15 is 0 Å². The first-order chi connectivity index (χ1) is 4.21. The van der Waals surface area contributed by atoms with Crippen LogP contribution >= 0.6 is 6.49 Å². The molecule has 1 unspecified atom stereocenters. The molecule has 2 nitrogen and oxygen atoms in total. The van der Waals surface area contributed by atoms with Crippen molar-refractivity contribution in [3.63, 3.8) is 0 Å². The lowest BCUT2D eigenvalue weighted by atomic mass is 9.99. The molecule has 0 aliphatic heterocycles. The minimum absolute atomic E-state index is 0.0861. The van der Waals surface area contributed by atoms with Gasteiger partial charge in [-0.3, -0.25) is 0 Å². The van der Waals surface area contributed by atoms with Gasteiger partial charge in [-0.1, -0.05) is 20.8 Å². The summed E-state index contributed by atoms with van der Waals surface area (Å²) in [6.45, 7) is 5.78. The maximum Gasteiger partial charge on any atom is 0.183 e. The lowest BCUT2D eigenvalue weighted by Gasteiger charge is -2.20. The van der Waals surface area contributed by atoms with Crippen molar-refractivity contribution in [1.82, 2.24) is 0 Å². The molecule has 62 valence electrons. The van der Waals surface area contributed by atoms with Gasteiger partial charge in [0.1, 0.15) is 0 Å². The summed E-state index contributed by atoms with van der Waals surface area (Å²) in [6.07, 6.45) is 0. The van der Waals surface area contributed by atoms with Crippen molar-refractivity contribution in [1.29, 1.82) is 0 Å². The van der Waals surface area contributed by atoms with Gasteiger partial charge in [-0.2, -0.15) is 0 Å². The van der Waals surface area contributed by atoms with Gasteiger partial charge in [0.15, 0.2) is 6.49 Å². The van der Waals surface area contributed by atoms with Gasteiger partial charge in [-0.15, -0.1) is 0 Å². The number of rotatable bonds is 2. The molecule has 0 heterocycles. The third-order valence-electron chi connectivity index (χ3n) is 0.737. The highest BCUT2D eigenvalue weighted by Crippen LogP contribution is 2.38. The Labute approximate surface area is 67.8 Å². The average molecular weight is 182 g/mol. The summed E-state index contributed by atoms with van der Waals surface area (Å²) in [7, 11) is 0. The highest BCUT2D eigenvalue weighted by Gasteiger charge is 2.14. The summed E-state index contributed by atoms with van der Waals surface area (Å²) in [5, 5.41) is 0. The third kappa shape index (κ3) is 8.57. The molecule has 0 fully saturated rings. The average Bonchev–Trinajstić information content (AvgIpc) is 1.57. The Balaban J connectivity index is 3.67. The zero-order valence-corrected chi connectivity index (χ0v) is 8.63. The smallest absolute Gasteiger partial charge is 0.183 e. The van der Waals surface area contributed by atoms with Gasteiger partial charge in [0.2, 0.25) is 0 Å². The molecule has 0 bridgehead atoms. The highest BCUT2D eigenvalue weighted by molar-refractivity contribution is 8.09. The van der Waals surface area contributed by atoms with Gasteiger partial charge in [0.05, 0.1) is 6.61 Å². The topological polar surface area (TPSA) is 29.5 Å². The predicted octanol–water partition coefficient (Wildman–Crippen LogP) is 1.98. The van der Waals surface area contributed by atoms with E-state index in [9.17, 15) is 0 Å². The summed E-state index contributed by atoms with van der Waals surface area (Å²) < 4.78 is 5.08. The van der Waals surface area contributed by atoms with Crippen LogP contribution in [0.5, 0.6) is 0 Å². The first-order valence-corrected chi connectivity index (χ1v) is 6.27. The van der Waals surface area contributed by atoms with Crippen molar-refractivity contribution in [3.8, 4) is 0 Å². The normalized spacial score (nSPS) is 18.5. The van der Waals surface area contributed by atoms with Crippen molar-refractivity contribution in [2.45, 2.75) is 20.8 Å². The molecular weight excluding hydrogens is 167 g/mol. The van der Waals surface area contributed by atoms with Crippen molar-refractivity contribution >= 4 is 18.3 Å². The van der Waals surface area contributed by atoms with E-state index in [0.717, 1.165) is 0 Å². The first-order valence-electron chi connectivity index (χ1n) is 3.15. The lowest BCUT2D eigenvalue weighted by Crippen LogP contribution is -2.13. The molecule has 0 saturated heterocycles. The molecule has 0 aromatic carbocycles. The second kappa shape index (κ2) is 3.31. The van der Waals surface area contributed by atoms with E-state index < -0.39 is 6.49 Å². The first kappa shape index (κ1) is 10.6. The summed E-state index contributed by atoms with van der Waals surface area (Å²) in [4.78, 5) is 9.08. The fraction of sp³-hybridized carbons (Fsp3) is 1.00. The monoisotopic (exact) mass is 182 g/mol. The summed E-state index contributed by atoms with van der Waals surface area (Å²) in [5.74, 6) is 0. The Morgan fingerprint density at radius 2 is 1.90 bits per heavy atom. The zero-order chi connectivity index (χ0) is 8.41. The van der Waals surface area contributed by atoms with Crippen molar-refractivity contribution in [2.75, 3.05) is 13.3 Å².